The molecule has 1 saturated heterocycles. The second-order valence-electron chi connectivity index (χ2n) is 7.84. The van der Waals surface area contributed by atoms with E-state index >= 15 is 0 Å². The van der Waals surface area contributed by atoms with Gasteiger partial charge in [0.05, 0.1) is 13.0 Å². The van der Waals surface area contributed by atoms with Crippen molar-refractivity contribution in [1.29, 1.82) is 0 Å². The second-order valence-corrected chi connectivity index (χ2v) is 7.84. The van der Waals surface area contributed by atoms with Gasteiger partial charge in [-0.1, -0.05) is 24.3 Å². The van der Waals surface area contributed by atoms with E-state index in [0.717, 1.165) is 37.1 Å². The van der Waals surface area contributed by atoms with Crippen LogP contribution in [0.1, 0.15) is 30.9 Å². The molecule has 2 unspecified atom stereocenters. The molecule has 2 aromatic rings. The molecule has 2 atom stereocenters. The quantitative estimate of drug-likeness (QED) is 0.783. The second kappa shape index (κ2) is 8.21. The van der Waals surface area contributed by atoms with E-state index in [4.69, 9.17) is 9.47 Å². The van der Waals surface area contributed by atoms with Gasteiger partial charge in [0.2, 0.25) is 5.91 Å². The van der Waals surface area contributed by atoms with Crippen molar-refractivity contribution < 1.29 is 18.7 Å². The summed E-state index contributed by atoms with van der Waals surface area (Å²) in [7, 11) is 0. The number of benzene rings is 2. The predicted octanol–water partition coefficient (Wildman–Crippen LogP) is 4.01. The van der Waals surface area contributed by atoms with Crippen molar-refractivity contribution in [1.82, 2.24) is 4.90 Å². The molecule has 0 radical (unpaired) electrons. The zero-order chi connectivity index (χ0) is 19.5. The summed E-state index contributed by atoms with van der Waals surface area (Å²) in [6.45, 7) is 3.93. The third kappa shape index (κ3) is 4.29. The van der Waals surface area contributed by atoms with Gasteiger partial charge in [-0.25, -0.2) is 4.39 Å². The van der Waals surface area contributed by atoms with E-state index in [1.165, 1.54) is 11.6 Å². The minimum atomic E-state index is -0.346. The fourth-order valence-electron chi connectivity index (χ4n) is 4.07. The van der Waals surface area contributed by atoms with Crippen LogP contribution in [0.4, 0.5) is 4.39 Å². The van der Waals surface area contributed by atoms with Crippen molar-refractivity contribution in [2.45, 2.75) is 38.7 Å². The maximum absolute atomic E-state index is 13.7. The minimum Gasteiger partial charge on any atom is -0.490 e. The van der Waals surface area contributed by atoms with Crippen molar-refractivity contribution in [3.8, 4) is 11.5 Å². The lowest BCUT2D eigenvalue weighted by molar-refractivity contribution is -0.132. The van der Waals surface area contributed by atoms with Crippen molar-refractivity contribution in [2.75, 3.05) is 19.7 Å². The third-order valence-electron chi connectivity index (χ3n) is 5.50. The lowest BCUT2D eigenvalue weighted by Gasteiger charge is -2.32. The first kappa shape index (κ1) is 18.8. The van der Waals surface area contributed by atoms with Crippen LogP contribution in [0.15, 0.2) is 42.5 Å². The Morgan fingerprint density at radius 3 is 3.00 bits per heavy atom. The highest BCUT2D eigenvalue weighted by Gasteiger charge is 2.25. The van der Waals surface area contributed by atoms with Crippen LogP contribution in [0.5, 0.6) is 11.5 Å². The first-order chi connectivity index (χ1) is 13.6. The molecule has 0 bridgehead atoms. The monoisotopic (exact) mass is 383 g/mol. The fourth-order valence-corrected chi connectivity index (χ4v) is 4.07. The lowest BCUT2D eigenvalue weighted by atomic mass is 9.98. The number of nitrogens with zero attached hydrogens (tertiary/aromatic N) is 1. The third-order valence-corrected chi connectivity index (χ3v) is 5.50. The fraction of sp³-hybridized carbons (Fsp3) is 0.435. The maximum Gasteiger partial charge on any atom is 0.227 e. The number of ether oxygens (including phenoxy) is 2. The number of hydrogen-bond donors (Lipinski definition) is 0. The molecule has 28 heavy (non-hydrogen) atoms. The van der Waals surface area contributed by atoms with Crippen LogP contribution in [0, 0.1) is 11.7 Å². The molecule has 0 N–H and O–H groups in total. The minimum absolute atomic E-state index is 0.141. The van der Waals surface area contributed by atoms with Crippen molar-refractivity contribution in [2.24, 2.45) is 5.92 Å². The molecule has 0 saturated carbocycles. The molecule has 148 valence electrons. The average molecular weight is 383 g/mol. The normalized spacial score (nSPS) is 21.1. The zero-order valence-electron chi connectivity index (χ0n) is 16.2. The molecule has 1 amide bonds. The van der Waals surface area contributed by atoms with Gasteiger partial charge in [0.15, 0.2) is 11.6 Å². The first-order valence-electron chi connectivity index (χ1n) is 10.0. The van der Waals surface area contributed by atoms with E-state index in [1.807, 2.05) is 17.0 Å². The molecule has 4 nitrogen and oxygen atoms in total. The van der Waals surface area contributed by atoms with Gasteiger partial charge >= 0.3 is 0 Å². The van der Waals surface area contributed by atoms with Crippen molar-refractivity contribution in [3.05, 3.63) is 59.4 Å². The summed E-state index contributed by atoms with van der Waals surface area (Å²) in [4.78, 5) is 14.7. The van der Waals surface area contributed by atoms with Crippen LogP contribution in [-0.4, -0.2) is 36.6 Å². The van der Waals surface area contributed by atoms with E-state index in [1.54, 1.807) is 18.2 Å². The van der Waals surface area contributed by atoms with Gasteiger partial charge in [0.1, 0.15) is 11.9 Å². The van der Waals surface area contributed by atoms with Gasteiger partial charge in [-0.05, 0) is 49.1 Å². The zero-order valence-corrected chi connectivity index (χ0v) is 16.2. The Hall–Kier alpha value is -2.56. The van der Waals surface area contributed by atoms with Crippen LogP contribution in [0.2, 0.25) is 0 Å². The van der Waals surface area contributed by atoms with Crippen molar-refractivity contribution in [3.63, 3.8) is 0 Å². The van der Waals surface area contributed by atoms with Crippen LogP contribution >= 0.6 is 0 Å². The molecular formula is C23H26FNO3. The van der Waals surface area contributed by atoms with E-state index in [-0.39, 0.29) is 29.5 Å². The Bertz CT molecular complexity index is 853. The Morgan fingerprint density at radius 1 is 1.29 bits per heavy atom. The molecule has 0 aromatic heterocycles. The number of fused-ring (bicyclic) bond motifs is 1. The van der Waals surface area contributed by atoms with Gasteiger partial charge in [-0.3, -0.25) is 4.79 Å². The number of amides is 1. The smallest absolute Gasteiger partial charge is 0.227 e. The number of carbonyl (C=O) groups excluding carboxylic acids is 1. The van der Waals surface area contributed by atoms with Gasteiger partial charge < -0.3 is 14.4 Å². The number of hydrogen-bond acceptors (Lipinski definition) is 3. The van der Waals surface area contributed by atoms with Gasteiger partial charge in [0, 0.05) is 25.4 Å². The summed E-state index contributed by atoms with van der Waals surface area (Å²) >= 11 is 0. The highest BCUT2D eigenvalue weighted by molar-refractivity contribution is 5.79. The van der Waals surface area contributed by atoms with Gasteiger partial charge in [-0.2, -0.15) is 0 Å². The number of halogens is 1. The molecule has 2 aliphatic heterocycles. The Labute approximate surface area is 165 Å². The van der Waals surface area contributed by atoms with Gasteiger partial charge in [-0.15, -0.1) is 0 Å². The van der Waals surface area contributed by atoms with Crippen molar-refractivity contribution >= 4 is 5.91 Å². The summed E-state index contributed by atoms with van der Waals surface area (Å²) in [6, 6.07) is 12.5. The molecule has 4 rings (SSSR count). The Kier molecular flexibility index (Phi) is 5.51. The maximum atomic E-state index is 13.7. The first-order valence-corrected chi connectivity index (χ1v) is 10.0. The van der Waals surface area contributed by atoms with Gasteiger partial charge in [0.25, 0.3) is 0 Å². The molecule has 2 aliphatic rings. The number of para-hydroxylation sites is 1. The van der Waals surface area contributed by atoms with Crippen LogP contribution < -0.4 is 9.47 Å². The summed E-state index contributed by atoms with van der Waals surface area (Å²) in [5.41, 5.74) is 2.22. The number of piperidine rings is 1. The molecule has 1 fully saturated rings. The highest BCUT2D eigenvalue weighted by atomic mass is 19.1. The molecule has 5 heteroatoms. The average Bonchev–Trinajstić information content (AvgIpc) is 3.07. The van der Waals surface area contributed by atoms with E-state index in [9.17, 15) is 9.18 Å². The van der Waals surface area contributed by atoms with Crippen LogP contribution in [0.25, 0.3) is 0 Å². The number of likely N-dealkylation sites (tertiary alicyclic amines) is 1. The molecule has 0 spiro atoms. The lowest BCUT2D eigenvalue weighted by Crippen LogP contribution is -2.42. The van der Waals surface area contributed by atoms with Crippen LogP contribution in [-0.2, 0) is 17.6 Å². The van der Waals surface area contributed by atoms with E-state index in [0.29, 0.717) is 19.6 Å². The number of carbonyl (C=O) groups is 1. The molecule has 2 heterocycles. The van der Waals surface area contributed by atoms with Crippen LogP contribution in [0.3, 0.4) is 0 Å². The molecule has 0 aliphatic carbocycles. The largest absolute Gasteiger partial charge is 0.490 e. The standard InChI is InChI=1S/C23H26FNO3/c1-16-11-19-12-17(8-9-21(19)28-16)13-23(26)25-10-4-5-18(14-25)15-27-22-7-3-2-6-20(22)24/h2-3,6-9,12,16,18H,4-5,10-11,13-15H2,1H3. The predicted molar refractivity (Wildman–Crippen MR) is 105 cm³/mol. The Balaban J connectivity index is 1.32. The van der Waals surface area contributed by atoms with E-state index < -0.39 is 0 Å². The summed E-state index contributed by atoms with van der Waals surface area (Å²) in [5, 5.41) is 0. The SMILES string of the molecule is CC1Cc2cc(CC(=O)N3CCCC(COc4ccccc4F)C3)ccc2O1. The summed E-state index contributed by atoms with van der Waals surface area (Å²) in [6.07, 6.45) is 3.45. The highest BCUT2D eigenvalue weighted by Crippen LogP contribution is 2.30. The molecule has 2 aromatic carbocycles. The summed E-state index contributed by atoms with van der Waals surface area (Å²) < 4.78 is 25.1. The number of rotatable bonds is 5. The Morgan fingerprint density at radius 2 is 2.14 bits per heavy atom. The van der Waals surface area contributed by atoms with E-state index in [2.05, 4.69) is 13.0 Å². The topological polar surface area (TPSA) is 38.8 Å². The molecular weight excluding hydrogens is 357 g/mol. The summed E-state index contributed by atoms with van der Waals surface area (Å²) in [5.74, 6) is 1.24.